The van der Waals surface area contributed by atoms with E-state index in [-0.39, 0.29) is 37.2 Å². The highest BCUT2D eigenvalue weighted by Gasteiger charge is 2.34. The molecule has 2 fully saturated rings. The van der Waals surface area contributed by atoms with Gasteiger partial charge in [-0.1, -0.05) is 23.2 Å². The first kappa shape index (κ1) is 33.9. The van der Waals surface area contributed by atoms with Crippen molar-refractivity contribution in [3.05, 3.63) is 83.6 Å². The van der Waals surface area contributed by atoms with Crippen LogP contribution in [-0.4, -0.2) is 45.3 Å². The Bertz CT molecular complexity index is 1370. The summed E-state index contributed by atoms with van der Waals surface area (Å²) in [7, 11) is 4.04. The third-order valence-corrected chi connectivity index (χ3v) is 8.36. The molecule has 4 aromatic heterocycles. The molecule has 6 rings (SSSR count). The SMILES string of the molecule is CN(C)c1cc[n+](-c2c(Cl)c(-[n+]3ccc(N4CCCC4)cc3)nc(-[n+]3ccc(N4CCCC4)cc3)c2Cl)cc1.[Cl-].[Cl-].[Cl-]. The zero-order valence-corrected chi connectivity index (χ0v) is 27.4. The molecule has 0 radical (unpaired) electrons. The van der Waals surface area contributed by atoms with Gasteiger partial charge in [0.25, 0.3) is 5.69 Å². The molecule has 0 bridgehead atoms. The maximum Gasteiger partial charge on any atom is 0.358 e. The molecule has 0 atom stereocenters. The maximum absolute atomic E-state index is 7.10. The van der Waals surface area contributed by atoms with Crippen molar-refractivity contribution >= 4 is 40.3 Å². The number of hydrogen-bond donors (Lipinski definition) is 0. The van der Waals surface area contributed by atoms with Crippen LogP contribution in [0.2, 0.25) is 10.0 Å². The van der Waals surface area contributed by atoms with Gasteiger partial charge in [-0.05, 0) is 25.7 Å². The van der Waals surface area contributed by atoms with E-state index in [4.69, 9.17) is 28.2 Å². The molecule has 0 N–H and O–H groups in total. The molecule has 0 aliphatic carbocycles. The molecule has 2 aliphatic heterocycles. The first-order valence-corrected chi connectivity index (χ1v) is 14.4. The van der Waals surface area contributed by atoms with Crippen molar-refractivity contribution in [2.24, 2.45) is 0 Å². The van der Waals surface area contributed by atoms with E-state index < -0.39 is 0 Å². The van der Waals surface area contributed by atoms with Gasteiger partial charge in [-0.3, -0.25) is 0 Å². The number of aromatic nitrogens is 4. The summed E-state index contributed by atoms with van der Waals surface area (Å²) in [4.78, 5) is 11.9. The Morgan fingerprint density at radius 3 is 1.31 bits per heavy atom. The van der Waals surface area contributed by atoms with Crippen LogP contribution in [0.15, 0.2) is 73.6 Å². The summed E-state index contributed by atoms with van der Waals surface area (Å²) >= 11 is 14.2. The van der Waals surface area contributed by atoms with Crippen LogP contribution in [0.5, 0.6) is 0 Å². The standard InChI is InChI=1S/C30H34Cl2N7.3ClH/c1-34(2)23-7-17-37(18-8-23)28-26(31)29(38-19-9-24(10-20-38)35-13-3-4-14-35)33-30(27(28)32)39-21-11-25(12-22-39)36-15-5-6-16-36;;;/h7-12,17-22H,3-6,13-16H2,1-2H3;3*1H/q+3;;;/p-3. The van der Waals surface area contributed by atoms with Crippen molar-refractivity contribution in [3.8, 4) is 17.3 Å². The van der Waals surface area contributed by atoms with Crippen molar-refractivity contribution in [2.45, 2.75) is 25.7 Å². The van der Waals surface area contributed by atoms with Gasteiger partial charge in [0, 0.05) is 98.7 Å². The first-order valence-electron chi connectivity index (χ1n) is 13.6. The molecule has 0 aromatic carbocycles. The van der Waals surface area contributed by atoms with Crippen LogP contribution < -0.4 is 65.6 Å². The molecule has 0 spiro atoms. The van der Waals surface area contributed by atoms with E-state index in [1.807, 2.05) is 77.1 Å². The molecule has 6 heterocycles. The van der Waals surface area contributed by atoms with Crippen molar-refractivity contribution in [1.82, 2.24) is 4.98 Å². The smallest absolute Gasteiger partial charge is 0.358 e. The second-order valence-corrected chi connectivity index (χ2v) is 11.2. The van der Waals surface area contributed by atoms with Gasteiger partial charge in [-0.2, -0.15) is 4.57 Å². The van der Waals surface area contributed by atoms with E-state index in [2.05, 4.69) is 39.0 Å². The van der Waals surface area contributed by atoms with E-state index in [1.54, 1.807) is 0 Å². The fourth-order valence-electron chi connectivity index (χ4n) is 5.43. The molecule has 4 aromatic rings. The Balaban J connectivity index is 0.00000161. The molecule has 0 amide bonds. The highest BCUT2D eigenvalue weighted by Crippen LogP contribution is 2.31. The van der Waals surface area contributed by atoms with Crippen LogP contribution in [0.3, 0.4) is 0 Å². The number of hydrogen-bond acceptors (Lipinski definition) is 4. The summed E-state index contributed by atoms with van der Waals surface area (Å²) in [6.07, 6.45) is 17.1. The zero-order valence-electron chi connectivity index (χ0n) is 23.6. The van der Waals surface area contributed by atoms with Crippen LogP contribution in [0.4, 0.5) is 17.1 Å². The van der Waals surface area contributed by atoms with E-state index >= 15 is 0 Å². The molecule has 7 nitrogen and oxygen atoms in total. The number of anilines is 3. The van der Waals surface area contributed by atoms with Crippen molar-refractivity contribution in [1.29, 1.82) is 0 Å². The maximum atomic E-state index is 7.10. The molecule has 12 heteroatoms. The fraction of sp³-hybridized carbons (Fsp3) is 0.333. The van der Waals surface area contributed by atoms with Crippen molar-refractivity contribution < 1.29 is 50.9 Å². The Kier molecular flexibility index (Phi) is 11.9. The summed E-state index contributed by atoms with van der Waals surface area (Å²) in [5.41, 5.74) is 4.22. The highest BCUT2D eigenvalue weighted by molar-refractivity contribution is 6.38. The lowest BCUT2D eigenvalue weighted by atomic mass is 10.3. The number of nitrogens with zero attached hydrogens (tertiary/aromatic N) is 7. The lowest BCUT2D eigenvalue weighted by Gasteiger charge is -2.17. The van der Waals surface area contributed by atoms with Crippen LogP contribution in [0, 0.1) is 0 Å². The van der Waals surface area contributed by atoms with Gasteiger partial charge >= 0.3 is 11.6 Å². The van der Waals surface area contributed by atoms with E-state index in [9.17, 15) is 0 Å². The van der Waals surface area contributed by atoms with Crippen LogP contribution in [0.25, 0.3) is 17.3 Å². The second-order valence-electron chi connectivity index (χ2n) is 10.4. The predicted molar refractivity (Wildman–Crippen MR) is 156 cm³/mol. The number of pyridine rings is 4. The minimum Gasteiger partial charge on any atom is -1.00 e. The zero-order chi connectivity index (χ0) is 26.9. The molecule has 2 aliphatic rings. The quantitative estimate of drug-likeness (QED) is 0.194. The molecule has 224 valence electrons. The molecular formula is C30H34Cl5N7. The summed E-state index contributed by atoms with van der Waals surface area (Å²) in [5, 5.41) is 0.971. The Morgan fingerprint density at radius 2 is 0.952 bits per heavy atom. The van der Waals surface area contributed by atoms with Gasteiger partial charge in [0.05, 0.1) is 24.8 Å². The average molecular weight is 670 g/mol. The lowest BCUT2D eigenvalue weighted by Crippen LogP contribution is -3.00. The van der Waals surface area contributed by atoms with Gasteiger partial charge in [0.15, 0.2) is 12.4 Å². The molecule has 42 heavy (non-hydrogen) atoms. The van der Waals surface area contributed by atoms with Crippen LogP contribution >= 0.6 is 23.2 Å². The number of rotatable bonds is 6. The van der Waals surface area contributed by atoms with Crippen LogP contribution in [0.1, 0.15) is 25.7 Å². The van der Waals surface area contributed by atoms with Crippen LogP contribution in [-0.2, 0) is 0 Å². The van der Waals surface area contributed by atoms with Gasteiger partial charge < -0.3 is 51.9 Å². The monoisotopic (exact) mass is 667 g/mol. The summed E-state index contributed by atoms with van der Waals surface area (Å²) in [5.74, 6) is 1.25. The average Bonchev–Trinajstić information content (AvgIpc) is 3.69. The summed E-state index contributed by atoms with van der Waals surface area (Å²) in [6, 6.07) is 12.6. The molecule has 0 unspecified atom stereocenters. The highest BCUT2D eigenvalue weighted by atomic mass is 35.5. The molecular weight excluding hydrogens is 636 g/mol. The van der Waals surface area contributed by atoms with E-state index in [1.165, 1.54) is 37.1 Å². The van der Waals surface area contributed by atoms with Gasteiger partial charge in [0.2, 0.25) is 10.0 Å². The predicted octanol–water partition coefficient (Wildman–Crippen LogP) is -4.50. The number of halogens is 5. The van der Waals surface area contributed by atoms with Gasteiger partial charge in [0.1, 0.15) is 0 Å². The first-order chi connectivity index (χ1) is 19.0. The normalized spacial score (nSPS) is 14.2. The topological polar surface area (TPSA) is 34.2 Å². The Morgan fingerprint density at radius 1 is 0.595 bits per heavy atom. The van der Waals surface area contributed by atoms with Gasteiger partial charge in [-0.15, -0.1) is 0 Å². The van der Waals surface area contributed by atoms with E-state index in [0.29, 0.717) is 27.4 Å². The third kappa shape index (κ3) is 6.81. The lowest BCUT2D eigenvalue weighted by molar-refractivity contribution is -0.617. The fourth-order valence-corrected chi connectivity index (χ4v) is 6.15. The molecule has 0 saturated carbocycles. The van der Waals surface area contributed by atoms with Crippen molar-refractivity contribution in [3.63, 3.8) is 0 Å². The summed E-state index contributed by atoms with van der Waals surface area (Å²) in [6.45, 7) is 4.40. The third-order valence-electron chi connectivity index (χ3n) is 7.66. The van der Waals surface area contributed by atoms with Gasteiger partial charge in [-0.25, -0.2) is 9.13 Å². The summed E-state index contributed by atoms with van der Waals surface area (Å²) < 4.78 is 5.91. The minimum absolute atomic E-state index is 0. The second kappa shape index (κ2) is 14.8. The Hall–Kier alpha value is -2.55. The van der Waals surface area contributed by atoms with Crippen molar-refractivity contribution in [2.75, 3.05) is 55.0 Å². The largest absolute Gasteiger partial charge is 1.00 e. The minimum atomic E-state index is 0. The molecule has 2 saturated heterocycles. The Labute approximate surface area is 276 Å². The van der Waals surface area contributed by atoms with E-state index in [0.717, 1.165) is 31.9 Å².